The molecule has 0 aromatic heterocycles. The average molecular weight is 341 g/mol. The van der Waals surface area contributed by atoms with Crippen LogP contribution >= 0.6 is 23.5 Å². The van der Waals surface area contributed by atoms with E-state index in [1.165, 1.54) is 37.4 Å². The summed E-state index contributed by atoms with van der Waals surface area (Å²) < 4.78 is 5.07. The van der Waals surface area contributed by atoms with Crippen molar-refractivity contribution in [1.82, 2.24) is 5.32 Å². The average Bonchev–Trinajstić information content (AvgIpc) is 2.43. The van der Waals surface area contributed by atoms with Gasteiger partial charge in [-0.2, -0.15) is 0 Å². The first kappa shape index (κ1) is 18.2. The molecule has 3 amide bonds. The number of hydrogen-bond donors (Lipinski definition) is 1. The van der Waals surface area contributed by atoms with Gasteiger partial charge in [0.25, 0.3) is 0 Å². The maximum Gasteiger partial charge on any atom is 0.366 e. The Morgan fingerprint density at radius 2 is 1.64 bits per heavy atom. The first-order valence-electron chi connectivity index (χ1n) is 6.05. The van der Waals surface area contributed by atoms with Crippen LogP contribution in [0.1, 0.15) is 13.8 Å². The normalized spacial score (nSPS) is 10.5. The van der Waals surface area contributed by atoms with Crippen molar-refractivity contribution in [2.45, 2.75) is 23.6 Å². The van der Waals surface area contributed by atoms with E-state index < -0.39 is 17.9 Å². The Morgan fingerprint density at radius 1 is 1.09 bits per heavy atom. The summed E-state index contributed by atoms with van der Waals surface area (Å²) in [6.45, 7) is 2.53. The number of carbonyl (C=O) groups excluding carboxylic acids is 3. The van der Waals surface area contributed by atoms with Crippen molar-refractivity contribution in [2.24, 2.45) is 10.2 Å². The van der Waals surface area contributed by atoms with Crippen LogP contribution in [0.2, 0.25) is 0 Å². The van der Waals surface area contributed by atoms with Crippen molar-refractivity contribution in [2.75, 3.05) is 12.5 Å². The van der Waals surface area contributed by atoms with E-state index in [1.807, 2.05) is 17.8 Å². The molecular formula is C13H15N3O4S2. The largest absolute Gasteiger partial charge is 0.427 e. The van der Waals surface area contributed by atoms with E-state index in [0.717, 1.165) is 0 Å². The van der Waals surface area contributed by atoms with E-state index in [-0.39, 0.29) is 0 Å². The van der Waals surface area contributed by atoms with Crippen LogP contribution < -0.4 is 10.1 Å². The number of rotatable bonds is 4. The van der Waals surface area contributed by atoms with Gasteiger partial charge >= 0.3 is 12.0 Å². The molecule has 0 fully saturated rings. The number of carbonyl (C=O) groups is 3. The van der Waals surface area contributed by atoms with Gasteiger partial charge in [0.1, 0.15) is 11.4 Å². The van der Waals surface area contributed by atoms with Crippen molar-refractivity contribution in [3.05, 3.63) is 12.1 Å². The molecule has 0 saturated carbocycles. The van der Waals surface area contributed by atoms with Crippen LogP contribution in [0, 0.1) is 0 Å². The molecule has 1 N–H and O–H groups in total. The summed E-state index contributed by atoms with van der Waals surface area (Å²) in [7, 11) is 0. The van der Waals surface area contributed by atoms with Gasteiger partial charge in [0.05, 0.1) is 0 Å². The molecule has 118 valence electrons. The highest BCUT2D eigenvalue weighted by molar-refractivity contribution is 7.99. The Bertz CT molecular complexity index is 607. The smallest absolute Gasteiger partial charge is 0.366 e. The number of azo groups is 1. The van der Waals surface area contributed by atoms with E-state index in [0.29, 0.717) is 21.2 Å². The van der Waals surface area contributed by atoms with E-state index in [1.54, 1.807) is 12.1 Å². The molecule has 22 heavy (non-hydrogen) atoms. The summed E-state index contributed by atoms with van der Waals surface area (Å²) in [5, 5.41) is 9.37. The second-order valence-corrected chi connectivity index (χ2v) is 5.65. The highest BCUT2D eigenvalue weighted by Crippen LogP contribution is 2.40. The van der Waals surface area contributed by atoms with Crippen molar-refractivity contribution in [1.29, 1.82) is 0 Å². The van der Waals surface area contributed by atoms with Crippen LogP contribution in [0.4, 0.5) is 10.5 Å². The first-order chi connectivity index (χ1) is 10.4. The molecule has 1 rings (SSSR count). The quantitative estimate of drug-likeness (QED) is 0.390. The third-order valence-corrected chi connectivity index (χ3v) is 3.74. The lowest BCUT2D eigenvalue weighted by Gasteiger charge is -2.10. The third kappa shape index (κ3) is 5.49. The van der Waals surface area contributed by atoms with Gasteiger partial charge in [0.15, 0.2) is 0 Å². The molecule has 0 spiro atoms. The summed E-state index contributed by atoms with van der Waals surface area (Å²) in [5.41, 5.74) is 0.481. The number of thioether (sulfide) groups is 2. The van der Waals surface area contributed by atoms with Gasteiger partial charge in [0, 0.05) is 23.6 Å². The summed E-state index contributed by atoms with van der Waals surface area (Å²) >= 11 is 2.75. The molecule has 0 aliphatic rings. The van der Waals surface area contributed by atoms with E-state index in [2.05, 4.69) is 10.2 Å². The zero-order chi connectivity index (χ0) is 16.7. The van der Waals surface area contributed by atoms with Crippen LogP contribution in [0.5, 0.6) is 5.75 Å². The maximum absolute atomic E-state index is 11.4. The molecule has 0 atom stereocenters. The Kier molecular flexibility index (Phi) is 7.06. The minimum absolute atomic E-state index is 0.397. The lowest BCUT2D eigenvalue weighted by atomic mass is 10.3. The monoisotopic (exact) mass is 341 g/mol. The second-order valence-electron chi connectivity index (χ2n) is 3.96. The minimum Gasteiger partial charge on any atom is -0.427 e. The van der Waals surface area contributed by atoms with Crippen molar-refractivity contribution in [3.63, 3.8) is 0 Å². The lowest BCUT2D eigenvalue weighted by molar-refractivity contribution is -0.131. The van der Waals surface area contributed by atoms with Gasteiger partial charge in [-0.1, -0.05) is 5.11 Å². The Hall–Kier alpha value is -1.87. The van der Waals surface area contributed by atoms with Crippen LogP contribution in [0.25, 0.3) is 0 Å². The summed E-state index contributed by atoms with van der Waals surface area (Å²) in [5.74, 6) is -0.535. The fourth-order valence-corrected chi connectivity index (χ4v) is 2.68. The summed E-state index contributed by atoms with van der Waals surface area (Å²) in [4.78, 5) is 34.6. The van der Waals surface area contributed by atoms with Gasteiger partial charge in [-0.3, -0.25) is 14.9 Å². The van der Waals surface area contributed by atoms with Gasteiger partial charge in [-0.05, 0) is 24.6 Å². The first-order valence-corrected chi connectivity index (χ1v) is 8.50. The molecule has 7 nitrogen and oxygen atoms in total. The number of imide groups is 1. The number of urea groups is 1. The number of nitrogens with one attached hydrogen (secondary N) is 1. The van der Waals surface area contributed by atoms with E-state index in [4.69, 9.17) is 4.74 Å². The van der Waals surface area contributed by atoms with Crippen LogP contribution in [-0.2, 0) is 9.59 Å². The molecule has 1 aromatic carbocycles. The molecule has 9 heteroatoms. The number of esters is 1. The van der Waals surface area contributed by atoms with Crippen LogP contribution in [-0.4, -0.2) is 30.4 Å². The second kappa shape index (κ2) is 8.54. The molecule has 0 aliphatic carbocycles. The number of ether oxygens (including phenoxy) is 1. The SMILES string of the molecule is CSc1cc(OC(C)=O)cc(SC)c1N=NC(=O)NC(C)=O. The molecule has 0 heterocycles. The fraction of sp³-hybridized carbons (Fsp3) is 0.308. The third-order valence-electron chi connectivity index (χ3n) is 2.24. The number of benzene rings is 1. The van der Waals surface area contributed by atoms with E-state index >= 15 is 0 Å². The van der Waals surface area contributed by atoms with Crippen molar-refractivity contribution < 1.29 is 19.1 Å². The standard InChI is InChI=1S/C13H15N3O4S2/c1-7(17)14-13(19)16-15-12-10(21-3)5-9(20-8(2)18)6-11(12)22-4/h5-6H,1-4H3,(H,14,17,19). The van der Waals surface area contributed by atoms with Gasteiger partial charge in [-0.15, -0.1) is 28.6 Å². The molecule has 0 unspecified atom stereocenters. The Balaban J connectivity index is 3.17. The zero-order valence-electron chi connectivity index (χ0n) is 12.5. The van der Waals surface area contributed by atoms with Crippen LogP contribution in [0.15, 0.2) is 32.2 Å². The Morgan fingerprint density at radius 3 is 2.05 bits per heavy atom. The number of nitrogens with zero attached hydrogens (tertiary/aromatic N) is 2. The molecule has 0 radical (unpaired) electrons. The Labute approximate surface area is 136 Å². The van der Waals surface area contributed by atoms with Crippen LogP contribution in [0.3, 0.4) is 0 Å². The highest BCUT2D eigenvalue weighted by Gasteiger charge is 2.13. The summed E-state index contributed by atoms with van der Waals surface area (Å²) in [6.07, 6.45) is 3.65. The topological polar surface area (TPSA) is 97.2 Å². The zero-order valence-corrected chi connectivity index (χ0v) is 14.1. The van der Waals surface area contributed by atoms with Crippen molar-refractivity contribution >= 4 is 47.1 Å². The molecule has 1 aromatic rings. The number of hydrogen-bond acceptors (Lipinski definition) is 7. The molecule has 0 bridgehead atoms. The molecule has 0 aliphatic heterocycles. The van der Waals surface area contributed by atoms with Gasteiger partial charge in [-0.25, -0.2) is 4.79 Å². The fourth-order valence-electron chi connectivity index (χ4n) is 1.46. The minimum atomic E-state index is -0.837. The number of amides is 3. The predicted molar refractivity (Wildman–Crippen MR) is 85.0 cm³/mol. The molecule has 0 saturated heterocycles. The van der Waals surface area contributed by atoms with Gasteiger partial charge in [0.2, 0.25) is 5.91 Å². The van der Waals surface area contributed by atoms with Gasteiger partial charge < -0.3 is 4.74 Å². The maximum atomic E-state index is 11.4. The highest BCUT2D eigenvalue weighted by atomic mass is 32.2. The lowest BCUT2D eigenvalue weighted by Crippen LogP contribution is -2.24. The van der Waals surface area contributed by atoms with E-state index in [9.17, 15) is 14.4 Å². The summed E-state index contributed by atoms with van der Waals surface area (Å²) in [6, 6.07) is 2.45. The van der Waals surface area contributed by atoms with Crippen molar-refractivity contribution in [3.8, 4) is 5.75 Å². The molecular weight excluding hydrogens is 326 g/mol. The predicted octanol–water partition coefficient (Wildman–Crippen LogP) is 3.40.